The van der Waals surface area contributed by atoms with Crippen molar-refractivity contribution >= 4 is 32.6 Å². The fraction of sp³-hybridized carbons (Fsp3) is 0.286. The molecule has 0 saturated heterocycles. The summed E-state index contributed by atoms with van der Waals surface area (Å²) in [5.41, 5.74) is 6.30. The predicted molar refractivity (Wildman–Crippen MR) is 107 cm³/mol. The van der Waals surface area contributed by atoms with E-state index in [4.69, 9.17) is 9.15 Å². The van der Waals surface area contributed by atoms with Crippen LogP contribution in [0, 0.1) is 27.7 Å². The molecule has 3 aromatic rings. The lowest BCUT2D eigenvalue weighted by Gasteiger charge is -2.32. The topological polar surface area (TPSA) is 42.7 Å². The first-order chi connectivity index (χ1) is 12.4. The number of rotatable bonds is 1. The number of ether oxygens (including phenoxy) is 1. The van der Waals surface area contributed by atoms with Crippen LogP contribution in [-0.4, -0.2) is 6.73 Å². The number of fused-ring (bicyclic) bond motifs is 2. The molecule has 0 atom stereocenters. The van der Waals surface area contributed by atoms with E-state index < -0.39 is 0 Å². The van der Waals surface area contributed by atoms with E-state index in [-0.39, 0.29) is 5.63 Å². The third-order valence-corrected chi connectivity index (χ3v) is 6.13. The van der Waals surface area contributed by atoms with Crippen molar-refractivity contribution in [2.75, 3.05) is 11.6 Å². The van der Waals surface area contributed by atoms with E-state index >= 15 is 0 Å². The SMILES string of the molecule is Cc1cc(N2COc3c(cc4c(C)c(C)c(=O)oc4c3C)C2)ccc1Br. The van der Waals surface area contributed by atoms with Crippen molar-refractivity contribution in [1.82, 2.24) is 0 Å². The zero-order chi connectivity index (χ0) is 18.6. The normalized spacial score (nSPS) is 13.7. The zero-order valence-electron chi connectivity index (χ0n) is 15.3. The lowest BCUT2D eigenvalue weighted by atomic mass is 9.99. The van der Waals surface area contributed by atoms with E-state index in [0.29, 0.717) is 17.9 Å². The van der Waals surface area contributed by atoms with Crippen LogP contribution in [0.15, 0.2) is 37.9 Å². The van der Waals surface area contributed by atoms with Crippen LogP contribution in [0.5, 0.6) is 5.75 Å². The maximum absolute atomic E-state index is 12.1. The Kier molecular flexibility index (Phi) is 4.07. The number of aryl methyl sites for hydroxylation is 3. The van der Waals surface area contributed by atoms with Gasteiger partial charge in [-0.15, -0.1) is 0 Å². The monoisotopic (exact) mass is 413 g/mol. The molecule has 134 valence electrons. The van der Waals surface area contributed by atoms with Gasteiger partial charge in [-0.3, -0.25) is 0 Å². The van der Waals surface area contributed by atoms with E-state index in [2.05, 4.69) is 52.0 Å². The molecule has 0 aliphatic carbocycles. The maximum Gasteiger partial charge on any atom is 0.339 e. The van der Waals surface area contributed by atoms with Gasteiger partial charge in [0.1, 0.15) is 11.3 Å². The third-order valence-electron chi connectivity index (χ3n) is 5.24. The van der Waals surface area contributed by atoms with Crippen molar-refractivity contribution in [3.8, 4) is 5.75 Å². The van der Waals surface area contributed by atoms with Gasteiger partial charge in [-0.2, -0.15) is 0 Å². The summed E-state index contributed by atoms with van der Waals surface area (Å²) in [7, 11) is 0. The molecular formula is C21H20BrNO3. The Morgan fingerprint density at radius 1 is 1.04 bits per heavy atom. The number of halogens is 1. The summed E-state index contributed by atoms with van der Waals surface area (Å²) in [5, 5.41) is 0.982. The van der Waals surface area contributed by atoms with E-state index in [9.17, 15) is 4.79 Å². The first kappa shape index (κ1) is 17.2. The van der Waals surface area contributed by atoms with Crippen molar-refractivity contribution in [3.05, 3.63) is 67.0 Å². The molecule has 0 amide bonds. The van der Waals surface area contributed by atoms with Crippen molar-refractivity contribution in [2.24, 2.45) is 0 Å². The lowest BCUT2D eigenvalue weighted by Crippen LogP contribution is -2.32. The van der Waals surface area contributed by atoms with Crippen LogP contribution in [0.2, 0.25) is 0 Å². The highest BCUT2D eigenvalue weighted by Crippen LogP contribution is 2.37. The minimum Gasteiger partial charge on any atom is -0.472 e. The second-order valence-electron chi connectivity index (χ2n) is 6.91. The van der Waals surface area contributed by atoms with Gasteiger partial charge in [0.15, 0.2) is 6.73 Å². The largest absolute Gasteiger partial charge is 0.472 e. The highest BCUT2D eigenvalue weighted by molar-refractivity contribution is 9.10. The first-order valence-corrected chi connectivity index (χ1v) is 9.36. The number of anilines is 1. The maximum atomic E-state index is 12.1. The summed E-state index contributed by atoms with van der Waals surface area (Å²) in [6.07, 6.45) is 0. The molecule has 1 aliphatic heterocycles. The molecule has 1 aliphatic rings. The molecule has 0 unspecified atom stereocenters. The Bertz CT molecular complexity index is 1100. The molecule has 2 heterocycles. The molecule has 1 aromatic heterocycles. The first-order valence-electron chi connectivity index (χ1n) is 8.57. The lowest BCUT2D eigenvalue weighted by molar-refractivity contribution is 0.287. The van der Waals surface area contributed by atoms with Gasteiger partial charge in [-0.1, -0.05) is 15.9 Å². The molecule has 4 nitrogen and oxygen atoms in total. The molecule has 0 saturated carbocycles. The predicted octanol–water partition coefficient (Wildman–Crippen LogP) is 5.15. The number of nitrogens with zero attached hydrogens (tertiary/aromatic N) is 1. The quantitative estimate of drug-likeness (QED) is 0.517. The van der Waals surface area contributed by atoms with Crippen LogP contribution in [0.25, 0.3) is 11.0 Å². The van der Waals surface area contributed by atoms with E-state index in [1.807, 2.05) is 20.8 Å². The van der Waals surface area contributed by atoms with Crippen LogP contribution in [-0.2, 0) is 6.54 Å². The van der Waals surface area contributed by atoms with Gasteiger partial charge < -0.3 is 14.1 Å². The summed E-state index contributed by atoms with van der Waals surface area (Å²) in [6, 6.07) is 8.41. The third kappa shape index (κ3) is 2.62. The summed E-state index contributed by atoms with van der Waals surface area (Å²) in [5.74, 6) is 0.828. The zero-order valence-corrected chi connectivity index (χ0v) is 16.9. The fourth-order valence-corrected chi connectivity index (χ4v) is 3.74. The second-order valence-corrected chi connectivity index (χ2v) is 7.77. The highest BCUT2D eigenvalue weighted by Gasteiger charge is 2.23. The summed E-state index contributed by atoms with van der Waals surface area (Å²) in [4.78, 5) is 14.3. The smallest absolute Gasteiger partial charge is 0.339 e. The Morgan fingerprint density at radius 3 is 2.54 bits per heavy atom. The van der Waals surface area contributed by atoms with Crippen LogP contribution < -0.4 is 15.3 Å². The Morgan fingerprint density at radius 2 is 1.81 bits per heavy atom. The summed E-state index contributed by atoms with van der Waals surface area (Å²) in [6.45, 7) is 9.04. The van der Waals surface area contributed by atoms with Crippen molar-refractivity contribution in [1.29, 1.82) is 0 Å². The van der Waals surface area contributed by atoms with E-state index in [1.165, 1.54) is 5.56 Å². The average molecular weight is 414 g/mol. The number of hydrogen-bond acceptors (Lipinski definition) is 4. The van der Waals surface area contributed by atoms with Crippen molar-refractivity contribution in [3.63, 3.8) is 0 Å². The minimum absolute atomic E-state index is 0.277. The van der Waals surface area contributed by atoms with Gasteiger partial charge in [0, 0.05) is 38.8 Å². The molecule has 5 heteroatoms. The second kappa shape index (κ2) is 6.16. The Hall–Kier alpha value is -2.27. The molecular weight excluding hydrogens is 394 g/mol. The molecule has 4 rings (SSSR count). The highest BCUT2D eigenvalue weighted by atomic mass is 79.9. The van der Waals surface area contributed by atoms with Gasteiger partial charge >= 0.3 is 5.63 Å². The van der Waals surface area contributed by atoms with Gasteiger partial charge in [-0.25, -0.2) is 4.79 Å². The Labute approximate surface area is 160 Å². The van der Waals surface area contributed by atoms with Crippen LogP contribution >= 0.6 is 15.9 Å². The fourth-order valence-electron chi connectivity index (χ4n) is 3.49. The molecule has 26 heavy (non-hydrogen) atoms. The van der Waals surface area contributed by atoms with E-state index in [0.717, 1.165) is 44.5 Å². The number of benzene rings is 2. The molecule has 2 aromatic carbocycles. The summed E-state index contributed by atoms with van der Waals surface area (Å²) >= 11 is 3.55. The van der Waals surface area contributed by atoms with Gasteiger partial charge in [0.05, 0.1) is 0 Å². The standard InChI is InChI=1S/C21H20BrNO3/c1-11-7-16(5-6-18(11)22)23-9-15-8-17-12(2)13(3)21(24)26-20(17)14(4)19(15)25-10-23/h5-8H,9-10H2,1-4H3. The van der Waals surface area contributed by atoms with Crippen molar-refractivity contribution in [2.45, 2.75) is 34.2 Å². The molecule has 0 bridgehead atoms. The van der Waals surface area contributed by atoms with E-state index in [1.54, 1.807) is 0 Å². The van der Waals surface area contributed by atoms with Gasteiger partial charge in [0.25, 0.3) is 0 Å². The molecule has 0 fully saturated rings. The number of hydrogen-bond donors (Lipinski definition) is 0. The summed E-state index contributed by atoms with van der Waals surface area (Å²) < 4.78 is 12.7. The average Bonchev–Trinajstić information content (AvgIpc) is 2.63. The molecule has 0 radical (unpaired) electrons. The van der Waals surface area contributed by atoms with Gasteiger partial charge in [0.2, 0.25) is 0 Å². The van der Waals surface area contributed by atoms with Gasteiger partial charge in [-0.05, 0) is 63.1 Å². The van der Waals surface area contributed by atoms with Crippen molar-refractivity contribution < 1.29 is 9.15 Å². The molecule has 0 spiro atoms. The van der Waals surface area contributed by atoms with Crippen LogP contribution in [0.4, 0.5) is 5.69 Å². The minimum atomic E-state index is -0.277. The van der Waals surface area contributed by atoms with Crippen LogP contribution in [0.3, 0.4) is 0 Å². The Balaban J connectivity index is 1.83. The molecule has 0 N–H and O–H groups in total. The van der Waals surface area contributed by atoms with Crippen LogP contribution in [0.1, 0.15) is 27.8 Å².